The maximum atomic E-state index is 12.0. The Morgan fingerprint density at radius 1 is 0.920 bits per heavy atom. The largest absolute Gasteiger partial charge is 0.471 e. The summed E-state index contributed by atoms with van der Waals surface area (Å²) in [5.74, 6) is 1.15. The van der Waals surface area contributed by atoms with Gasteiger partial charge in [-0.05, 0) is 61.7 Å². The second kappa shape index (κ2) is 8.33. The van der Waals surface area contributed by atoms with Crippen LogP contribution in [0.5, 0.6) is 5.75 Å². The van der Waals surface area contributed by atoms with Gasteiger partial charge in [0.1, 0.15) is 5.75 Å². The molecule has 1 unspecified atom stereocenters. The molecule has 0 aromatic heterocycles. The fraction of sp³-hybridized carbons (Fsp3) is 0.300. The van der Waals surface area contributed by atoms with Gasteiger partial charge in [-0.1, -0.05) is 26.0 Å². The first-order valence-corrected chi connectivity index (χ1v) is 8.30. The van der Waals surface area contributed by atoms with E-state index in [4.69, 9.17) is 4.74 Å². The zero-order chi connectivity index (χ0) is 18.4. The number of urea groups is 1. The molecule has 0 aliphatic heterocycles. The summed E-state index contributed by atoms with van der Waals surface area (Å²) in [6.45, 7) is 7.53. The summed E-state index contributed by atoms with van der Waals surface area (Å²) in [6, 6.07) is 14.2. The van der Waals surface area contributed by atoms with E-state index in [1.165, 1.54) is 12.5 Å². The Morgan fingerprint density at radius 3 is 2.04 bits per heavy atom. The SMILES string of the molecule is CC(=O)c1ccc(NC(=O)NC(C)Oc2ccc(C(C)C)cc2)cc1. The third kappa shape index (κ3) is 5.64. The monoisotopic (exact) mass is 340 g/mol. The number of carbonyl (C=O) groups is 2. The summed E-state index contributed by atoms with van der Waals surface area (Å²) in [5.41, 5.74) is 2.45. The summed E-state index contributed by atoms with van der Waals surface area (Å²) in [6.07, 6.45) is -0.485. The fourth-order valence-corrected chi connectivity index (χ4v) is 2.30. The topological polar surface area (TPSA) is 67.4 Å². The third-order valence-corrected chi connectivity index (χ3v) is 3.74. The van der Waals surface area contributed by atoms with Gasteiger partial charge in [0.05, 0.1) is 0 Å². The standard InChI is InChI=1S/C20H24N2O3/c1-13(2)16-7-11-19(12-8-16)25-15(4)21-20(24)22-18-9-5-17(6-10-18)14(3)23/h5-13,15H,1-4H3,(H2,21,22,24). The molecule has 0 aliphatic rings. The third-order valence-electron chi connectivity index (χ3n) is 3.74. The van der Waals surface area contributed by atoms with Crippen molar-refractivity contribution in [1.82, 2.24) is 5.32 Å². The van der Waals surface area contributed by atoms with Crippen molar-refractivity contribution in [2.75, 3.05) is 5.32 Å². The average Bonchev–Trinajstić information content (AvgIpc) is 2.55. The molecule has 132 valence electrons. The van der Waals surface area contributed by atoms with E-state index >= 15 is 0 Å². The van der Waals surface area contributed by atoms with Gasteiger partial charge in [-0.15, -0.1) is 0 Å². The predicted molar refractivity (Wildman–Crippen MR) is 99.2 cm³/mol. The number of anilines is 1. The fourth-order valence-electron chi connectivity index (χ4n) is 2.30. The van der Waals surface area contributed by atoms with Crippen LogP contribution in [-0.2, 0) is 0 Å². The Kier molecular flexibility index (Phi) is 6.17. The number of nitrogens with one attached hydrogen (secondary N) is 2. The van der Waals surface area contributed by atoms with Gasteiger partial charge in [-0.25, -0.2) is 4.79 Å². The van der Waals surface area contributed by atoms with Gasteiger partial charge in [0, 0.05) is 11.3 Å². The van der Waals surface area contributed by atoms with E-state index in [0.717, 1.165) is 0 Å². The van der Waals surface area contributed by atoms with Crippen LogP contribution in [0.3, 0.4) is 0 Å². The number of Topliss-reactive ketones (excluding diaryl/α,β-unsaturated/α-hetero) is 1. The lowest BCUT2D eigenvalue weighted by Gasteiger charge is -2.17. The molecule has 0 saturated heterocycles. The van der Waals surface area contributed by atoms with Crippen molar-refractivity contribution in [3.8, 4) is 5.75 Å². The van der Waals surface area contributed by atoms with E-state index < -0.39 is 6.23 Å². The minimum Gasteiger partial charge on any atom is -0.471 e. The second-order valence-corrected chi connectivity index (χ2v) is 6.22. The van der Waals surface area contributed by atoms with Crippen LogP contribution in [0.15, 0.2) is 48.5 Å². The molecule has 1 atom stereocenters. The molecule has 0 bridgehead atoms. The lowest BCUT2D eigenvalue weighted by Crippen LogP contribution is -2.39. The molecule has 5 nitrogen and oxygen atoms in total. The van der Waals surface area contributed by atoms with E-state index in [0.29, 0.717) is 22.9 Å². The molecule has 2 aromatic carbocycles. The number of ether oxygens (including phenoxy) is 1. The van der Waals surface area contributed by atoms with E-state index in [9.17, 15) is 9.59 Å². The molecule has 0 saturated carbocycles. The Balaban J connectivity index is 1.86. The van der Waals surface area contributed by atoms with Crippen LogP contribution >= 0.6 is 0 Å². The van der Waals surface area contributed by atoms with Crippen LogP contribution in [-0.4, -0.2) is 18.0 Å². The zero-order valence-corrected chi connectivity index (χ0v) is 15.0. The number of ketones is 1. The van der Waals surface area contributed by atoms with Crippen LogP contribution in [0, 0.1) is 0 Å². The molecular weight excluding hydrogens is 316 g/mol. The first-order valence-electron chi connectivity index (χ1n) is 8.30. The Morgan fingerprint density at radius 2 is 1.52 bits per heavy atom. The van der Waals surface area contributed by atoms with Crippen molar-refractivity contribution in [3.63, 3.8) is 0 Å². The van der Waals surface area contributed by atoms with Gasteiger partial charge < -0.3 is 15.4 Å². The molecule has 2 amide bonds. The van der Waals surface area contributed by atoms with Crippen molar-refractivity contribution in [2.45, 2.75) is 39.8 Å². The maximum absolute atomic E-state index is 12.0. The highest BCUT2D eigenvalue weighted by molar-refractivity contribution is 5.95. The van der Waals surface area contributed by atoms with Gasteiger partial charge in [0.25, 0.3) is 0 Å². The number of hydrogen-bond donors (Lipinski definition) is 2. The van der Waals surface area contributed by atoms with Crippen molar-refractivity contribution < 1.29 is 14.3 Å². The Bertz CT molecular complexity index is 722. The normalized spacial score (nSPS) is 11.7. The van der Waals surface area contributed by atoms with Crippen molar-refractivity contribution in [2.24, 2.45) is 0 Å². The van der Waals surface area contributed by atoms with Gasteiger partial charge in [0.2, 0.25) is 0 Å². The number of amides is 2. The highest BCUT2D eigenvalue weighted by Crippen LogP contribution is 2.19. The number of hydrogen-bond acceptors (Lipinski definition) is 3. The van der Waals surface area contributed by atoms with E-state index in [1.54, 1.807) is 31.2 Å². The lowest BCUT2D eigenvalue weighted by atomic mass is 10.0. The van der Waals surface area contributed by atoms with Gasteiger partial charge in [0.15, 0.2) is 12.0 Å². The number of carbonyl (C=O) groups excluding carboxylic acids is 2. The molecule has 0 aliphatic carbocycles. The van der Waals surface area contributed by atoms with Crippen LogP contribution < -0.4 is 15.4 Å². The summed E-state index contributed by atoms with van der Waals surface area (Å²) in [4.78, 5) is 23.2. The molecule has 0 radical (unpaired) electrons. The summed E-state index contributed by atoms with van der Waals surface area (Å²) >= 11 is 0. The van der Waals surface area contributed by atoms with Gasteiger partial charge in [-0.3, -0.25) is 4.79 Å². The van der Waals surface area contributed by atoms with Crippen LogP contribution in [0.1, 0.15) is 49.5 Å². The summed E-state index contributed by atoms with van der Waals surface area (Å²) in [5, 5.41) is 5.42. The highest BCUT2D eigenvalue weighted by Gasteiger charge is 2.09. The smallest absolute Gasteiger partial charge is 0.322 e. The van der Waals surface area contributed by atoms with Gasteiger partial charge in [-0.2, -0.15) is 0 Å². The predicted octanol–water partition coefficient (Wildman–Crippen LogP) is 4.56. The van der Waals surface area contributed by atoms with Gasteiger partial charge >= 0.3 is 6.03 Å². The van der Waals surface area contributed by atoms with E-state index in [-0.39, 0.29) is 11.8 Å². The lowest BCUT2D eigenvalue weighted by molar-refractivity contribution is 0.101. The molecule has 25 heavy (non-hydrogen) atoms. The first-order chi connectivity index (χ1) is 11.8. The summed E-state index contributed by atoms with van der Waals surface area (Å²) < 4.78 is 5.69. The second-order valence-electron chi connectivity index (χ2n) is 6.22. The van der Waals surface area contributed by atoms with E-state index in [2.05, 4.69) is 24.5 Å². The summed E-state index contributed by atoms with van der Waals surface area (Å²) in [7, 11) is 0. The number of rotatable bonds is 6. The Hall–Kier alpha value is -2.82. The highest BCUT2D eigenvalue weighted by atomic mass is 16.5. The van der Waals surface area contributed by atoms with Crippen LogP contribution in [0.2, 0.25) is 0 Å². The van der Waals surface area contributed by atoms with Crippen LogP contribution in [0.25, 0.3) is 0 Å². The quantitative estimate of drug-likeness (QED) is 0.598. The van der Waals surface area contributed by atoms with Crippen molar-refractivity contribution >= 4 is 17.5 Å². The Labute approximate surface area is 148 Å². The average molecular weight is 340 g/mol. The minimum absolute atomic E-state index is 0.0125. The van der Waals surface area contributed by atoms with Crippen molar-refractivity contribution in [1.29, 1.82) is 0 Å². The van der Waals surface area contributed by atoms with E-state index in [1.807, 2.05) is 24.3 Å². The molecule has 2 aromatic rings. The molecule has 0 heterocycles. The first kappa shape index (κ1) is 18.5. The van der Waals surface area contributed by atoms with Crippen molar-refractivity contribution in [3.05, 3.63) is 59.7 Å². The van der Waals surface area contributed by atoms with Crippen LogP contribution in [0.4, 0.5) is 10.5 Å². The molecule has 5 heteroatoms. The minimum atomic E-state index is -0.485. The number of benzene rings is 2. The maximum Gasteiger partial charge on any atom is 0.322 e. The molecular formula is C20H24N2O3. The molecule has 0 spiro atoms. The molecule has 0 fully saturated rings. The molecule has 2 N–H and O–H groups in total. The molecule has 2 rings (SSSR count). The zero-order valence-electron chi connectivity index (χ0n) is 15.0.